The van der Waals surface area contributed by atoms with Gasteiger partial charge in [-0.2, -0.15) is 0 Å². The van der Waals surface area contributed by atoms with Crippen molar-refractivity contribution in [3.05, 3.63) is 72.3 Å². The first kappa shape index (κ1) is 16.9. The lowest BCUT2D eigenvalue weighted by molar-refractivity contribution is 0.0595. The lowest BCUT2D eigenvalue weighted by Gasteiger charge is -2.28. The van der Waals surface area contributed by atoms with Crippen LogP contribution in [0.2, 0.25) is 0 Å². The molecule has 0 bridgehead atoms. The molecule has 1 atom stereocenters. The third kappa shape index (κ3) is 3.59. The van der Waals surface area contributed by atoms with Gasteiger partial charge in [-0.15, -0.1) is 0 Å². The van der Waals surface area contributed by atoms with Gasteiger partial charge in [0.2, 0.25) is 0 Å². The minimum absolute atomic E-state index is 0.111. The first-order valence-electron chi connectivity index (χ1n) is 7.98. The molecule has 0 spiro atoms. The number of nitrogens with one attached hydrogen (secondary N) is 1. The van der Waals surface area contributed by atoms with E-state index in [2.05, 4.69) is 15.0 Å². The molecule has 1 N–H and O–H groups in total. The Balaban J connectivity index is 1.94. The zero-order valence-corrected chi connectivity index (χ0v) is 14.2. The maximum absolute atomic E-state index is 13.2. The van der Waals surface area contributed by atoms with Crippen molar-refractivity contribution < 1.29 is 9.53 Å². The van der Waals surface area contributed by atoms with E-state index in [1.54, 1.807) is 43.7 Å². The molecular formula is C19H20N4O2. The highest BCUT2D eigenvalue weighted by molar-refractivity contribution is 6.00. The highest BCUT2D eigenvalue weighted by Crippen LogP contribution is 2.25. The summed E-state index contributed by atoms with van der Waals surface area (Å²) in [5, 5.41) is 0. The molecule has 1 amide bonds. The summed E-state index contributed by atoms with van der Waals surface area (Å²) in [6, 6.07) is 12.8. The SMILES string of the molecule is COC[C@H](c1ccccn1)N(C)C(=O)c1ccccc1-c1ncc[nH]1. The van der Waals surface area contributed by atoms with E-state index in [-0.39, 0.29) is 11.9 Å². The Bertz CT molecular complexity index is 818. The molecule has 0 unspecified atom stereocenters. The Morgan fingerprint density at radius 2 is 1.96 bits per heavy atom. The molecule has 0 saturated carbocycles. The molecule has 0 aliphatic carbocycles. The molecule has 128 valence electrons. The fraction of sp³-hybridized carbons (Fsp3) is 0.211. The zero-order valence-electron chi connectivity index (χ0n) is 14.2. The van der Waals surface area contributed by atoms with Crippen molar-refractivity contribution in [2.24, 2.45) is 0 Å². The molecule has 0 aliphatic rings. The van der Waals surface area contributed by atoms with E-state index in [0.29, 0.717) is 18.0 Å². The number of amides is 1. The Morgan fingerprint density at radius 1 is 1.16 bits per heavy atom. The van der Waals surface area contributed by atoms with Gasteiger partial charge in [0.25, 0.3) is 5.91 Å². The maximum Gasteiger partial charge on any atom is 0.254 e. The summed E-state index contributed by atoms with van der Waals surface area (Å²) >= 11 is 0. The summed E-state index contributed by atoms with van der Waals surface area (Å²) in [5.74, 6) is 0.554. The van der Waals surface area contributed by atoms with Gasteiger partial charge in [0.15, 0.2) is 0 Å². The summed E-state index contributed by atoms with van der Waals surface area (Å²) < 4.78 is 5.32. The van der Waals surface area contributed by atoms with E-state index >= 15 is 0 Å². The van der Waals surface area contributed by atoms with Crippen LogP contribution in [0, 0.1) is 0 Å². The molecule has 6 nitrogen and oxygen atoms in total. The van der Waals surface area contributed by atoms with E-state index in [1.807, 2.05) is 36.4 Å². The van der Waals surface area contributed by atoms with Gasteiger partial charge in [-0.05, 0) is 18.2 Å². The quantitative estimate of drug-likeness (QED) is 0.751. The number of nitrogens with zero attached hydrogens (tertiary/aromatic N) is 3. The van der Waals surface area contributed by atoms with Gasteiger partial charge < -0.3 is 14.6 Å². The third-order valence-electron chi connectivity index (χ3n) is 4.05. The van der Waals surface area contributed by atoms with Crippen LogP contribution in [0.5, 0.6) is 0 Å². The molecule has 25 heavy (non-hydrogen) atoms. The number of benzene rings is 1. The summed E-state index contributed by atoms with van der Waals surface area (Å²) in [4.78, 5) is 26.5. The number of H-pyrrole nitrogens is 1. The van der Waals surface area contributed by atoms with Crippen molar-refractivity contribution in [2.45, 2.75) is 6.04 Å². The Kier molecular flexibility index (Phi) is 5.20. The van der Waals surface area contributed by atoms with Crippen LogP contribution in [0.4, 0.5) is 0 Å². The van der Waals surface area contributed by atoms with Crippen LogP contribution in [0.3, 0.4) is 0 Å². The number of aromatic amines is 1. The molecule has 1 aromatic carbocycles. The molecule has 0 fully saturated rings. The van der Waals surface area contributed by atoms with Gasteiger partial charge in [0.1, 0.15) is 5.82 Å². The fourth-order valence-electron chi connectivity index (χ4n) is 2.75. The number of likely N-dealkylation sites (N-methyl/N-ethyl adjacent to an activating group) is 1. The van der Waals surface area contributed by atoms with Gasteiger partial charge in [-0.25, -0.2) is 4.98 Å². The van der Waals surface area contributed by atoms with Crippen molar-refractivity contribution in [1.82, 2.24) is 19.9 Å². The number of ether oxygens (including phenoxy) is 1. The first-order valence-corrected chi connectivity index (χ1v) is 7.98. The summed E-state index contributed by atoms with van der Waals surface area (Å²) in [6.07, 6.45) is 5.12. The second kappa shape index (κ2) is 7.72. The predicted octanol–water partition coefficient (Wildman–Crippen LogP) is 2.93. The molecule has 0 aliphatic heterocycles. The van der Waals surface area contributed by atoms with Crippen molar-refractivity contribution in [3.63, 3.8) is 0 Å². The predicted molar refractivity (Wildman–Crippen MR) is 95.0 cm³/mol. The summed E-state index contributed by atoms with van der Waals surface area (Å²) in [6.45, 7) is 0.363. The number of hydrogen-bond acceptors (Lipinski definition) is 4. The average molecular weight is 336 g/mol. The van der Waals surface area contributed by atoms with Crippen LogP contribution >= 0.6 is 0 Å². The number of pyridine rings is 1. The number of carbonyl (C=O) groups excluding carboxylic acids is 1. The zero-order chi connectivity index (χ0) is 17.6. The smallest absolute Gasteiger partial charge is 0.254 e. The van der Waals surface area contributed by atoms with Crippen molar-refractivity contribution in [1.29, 1.82) is 0 Å². The first-order chi connectivity index (χ1) is 12.2. The van der Waals surface area contributed by atoms with Crippen molar-refractivity contribution in [2.75, 3.05) is 20.8 Å². The molecule has 3 aromatic rings. The van der Waals surface area contributed by atoms with E-state index in [9.17, 15) is 4.79 Å². The molecule has 3 rings (SSSR count). The normalized spacial score (nSPS) is 11.9. The lowest BCUT2D eigenvalue weighted by Crippen LogP contribution is -2.34. The van der Waals surface area contributed by atoms with Crippen molar-refractivity contribution in [3.8, 4) is 11.4 Å². The van der Waals surface area contributed by atoms with Gasteiger partial charge in [-0.1, -0.05) is 24.3 Å². The number of methoxy groups -OCH3 is 1. The highest BCUT2D eigenvalue weighted by atomic mass is 16.5. The Hall–Kier alpha value is -2.99. The number of hydrogen-bond donors (Lipinski definition) is 1. The summed E-state index contributed by atoms with van der Waals surface area (Å²) in [5.41, 5.74) is 2.13. The van der Waals surface area contributed by atoms with E-state index < -0.39 is 0 Å². The van der Waals surface area contributed by atoms with E-state index in [0.717, 1.165) is 11.3 Å². The van der Waals surface area contributed by atoms with Crippen molar-refractivity contribution >= 4 is 5.91 Å². The van der Waals surface area contributed by atoms with Gasteiger partial charge in [0, 0.05) is 38.3 Å². The standard InChI is InChI=1S/C19H20N4O2/c1-23(17(13-25-2)16-9-5-6-10-20-16)19(24)15-8-4-3-7-14(15)18-21-11-12-22-18/h3-12,17H,13H2,1-2H3,(H,21,22)/t17-/m1/s1. The molecule has 0 saturated heterocycles. The number of aromatic nitrogens is 3. The van der Waals surface area contributed by atoms with Crippen LogP contribution in [-0.4, -0.2) is 46.5 Å². The monoisotopic (exact) mass is 336 g/mol. The fourth-order valence-corrected chi connectivity index (χ4v) is 2.75. The maximum atomic E-state index is 13.2. The third-order valence-corrected chi connectivity index (χ3v) is 4.05. The Morgan fingerprint density at radius 3 is 2.64 bits per heavy atom. The highest BCUT2D eigenvalue weighted by Gasteiger charge is 2.25. The number of rotatable bonds is 6. The molecule has 2 aromatic heterocycles. The van der Waals surface area contributed by atoms with E-state index in [1.165, 1.54) is 0 Å². The Labute approximate surface area is 146 Å². The second-order valence-corrected chi connectivity index (χ2v) is 5.63. The van der Waals surface area contributed by atoms with Crippen LogP contribution < -0.4 is 0 Å². The van der Waals surface area contributed by atoms with Gasteiger partial charge >= 0.3 is 0 Å². The van der Waals surface area contributed by atoms with Crippen LogP contribution in [0.15, 0.2) is 61.1 Å². The largest absolute Gasteiger partial charge is 0.382 e. The number of imidazole rings is 1. The minimum Gasteiger partial charge on any atom is -0.382 e. The topological polar surface area (TPSA) is 71.1 Å². The average Bonchev–Trinajstić information content (AvgIpc) is 3.20. The van der Waals surface area contributed by atoms with E-state index in [4.69, 9.17) is 4.74 Å². The molecule has 0 radical (unpaired) electrons. The van der Waals surface area contributed by atoms with Crippen LogP contribution in [0.25, 0.3) is 11.4 Å². The van der Waals surface area contributed by atoms with Gasteiger partial charge in [0.05, 0.1) is 23.9 Å². The molecule has 6 heteroatoms. The van der Waals surface area contributed by atoms with Crippen LogP contribution in [0.1, 0.15) is 22.1 Å². The number of carbonyl (C=O) groups is 1. The summed E-state index contributed by atoms with van der Waals surface area (Å²) in [7, 11) is 3.38. The van der Waals surface area contributed by atoms with Crippen LogP contribution in [-0.2, 0) is 4.74 Å². The van der Waals surface area contributed by atoms with Gasteiger partial charge in [-0.3, -0.25) is 9.78 Å². The molecule has 2 heterocycles. The second-order valence-electron chi connectivity index (χ2n) is 5.63. The minimum atomic E-state index is -0.275. The molecular weight excluding hydrogens is 316 g/mol. The lowest BCUT2D eigenvalue weighted by atomic mass is 10.0.